The van der Waals surface area contributed by atoms with Crippen LogP contribution in [0.15, 0.2) is 23.2 Å². The van der Waals surface area contributed by atoms with Gasteiger partial charge in [-0.1, -0.05) is 12.1 Å². The van der Waals surface area contributed by atoms with Gasteiger partial charge in [-0.2, -0.15) is 0 Å². The van der Waals surface area contributed by atoms with Crippen LogP contribution in [0.2, 0.25) is 0 Å². The lowest BCUT2D eigenvalue weighted by Crippen LogP contribution is -2.37. The number of halogens is 1. The third kappa shape index (κ3) is 6.83. The van der Waals surface area contributed by atoms with Crippen LogP contribution in [0.1, 0.15) is 36.1 Å². The molecule has 1 aromatic carbocycles. The van der Waals surface area contributed by atoms with Gasteiger partial charge in [0.1, 0.15) is 11.6 Å². The first-order chi connectivity index (χ1) is 14.1. The van der Waals surface area contributed by atoms with Gasteiger partial charge in [-0.05, 0) is 38.8 Å². The van der Waals surface area contributed by atoms with Crippen molar-refractivity contribution in [2.75, 3.05) is 26.4 Å². The monoisotopic (exact) mass is 528 g/mol. The number of ether oxygens (including phenoxy) is 2. The van der Waals surface area contributed by atoms with E-state index in [9.17, 15) is 0 Å². The molecular weight excluding hydrogens is 495 g/mol. The lowest BCUT2D eigenvalue weighted by Gasteiger charge is -2.15. The van der Waals surface area contributed by atoms with Crippen molar-refractivity contribution in [1.82, 2.24) is 25.4 Å². The van der Waals surface area contributed by atoms with Crippen LogP contribution in [0.5, 0.6) is 5.75 Å². The first-order valence-electron chi connectivity index (χ1n) is 10.2. The highest BCUT2D eigenvalue weighted by atomic mass is 127. The summed E-state index contributed by atoms with van der Waals surface area (Å²) in [5, 5.41) is 14.9. The molecule has 1 atom stereocenters. The van der Waals surface area contributed by atoms with Gasteiger partial charge in [-0.25, -0.2) is 4.99 Å². The molecule has 0 saturated carbocycles. The number of aromatic nitrogens is 3. The van der Waals surface area contributed by atoms with Gasteiger partial charge < -0.3 is 24.7 Å². The van der Waals surface area contributed by atoms with Crippen molar-refractivity contribution in [2.24, 2.45) is 18.0 Å². The molecule has 1 aromatic heterocycles. The van der Waals surface area contributed by atoms with Crippen LogP contribution < -0.4 is 15.4 Å². The maximum Gasteiger partial charge on any atom is 0.191 e. The van der Waals surface area contributed by atoms with Gasteiger partial charge in [-0.3, -0.25) is 0 Å². The lowest BCUT2D eigenvalue weighted by atomic mass is 10.1. The fourth-order valence-corrected chi connectivity index (χ4v) is 3.12. The smallest absolute Gasteiger partial charge is 0.191 e. The van der Waals surface area contributed by atoms with Crippen molar-refractivity contribution in [2.45, 2.75) is 40.3 Å². The highest BCUT2D eigenvalue weighted by molar-refractivity contribution is 14.0. The Bertz CT molecular complexity index is 833. The average Bonchev–Trinajstić information content (AvgIpc) is 3.34. The zero-order valence-electron chi connectivity index (χ0n) is 18.3. The third-order valence-corrected chi connectivity index (χ3v) is 5.07. The number of aryl methyl sites for hydroxylation is 2. The Balaban J connectivity index is 0.00000320. The van der Waals surface area contributed by atoms with Gasteiger partial charge in [-0.15, -0.1) is 34.2 Å². The molecule has 8 nitrogen and oxygen atoms in total. The normalized spacial score (nSPS) is 16.3. The molecule has 1 unspecified atom stereocenters. The van der Waals surface area contributed by atoms with Gasteiger partial charge in [0.05, 0.1) is 26.3 Å². The highest BCUT2D eigenvalue weighted by Gasteiger charge is 2.17. The molecule has 1 aliphatic rings. The van der Waals surface area contributed by atoms with Crippen LogP contribution in [-0.4, -0.2) is 47.1 Å². The van der Waals surface area contributed by atoms with Crippen molar-refractivity contribution >= 4 is 29.9 Å². The van der Waals surface area contributed by atoms with Gasteiger partial charge in [0.15, 0.2) is 11.8 Å². The Hall–Kier alpha value is -1.88. The second kappa shape index (κ2) is 12.1. The van der Waals surface area contributed by atoms with E-state index in [-0.39, 0.29) is 24.0 Å². The molecule has 0 aliphatic carbocycles. The van der Waals surface area contributed by atoms with E-state index in [4.69, 9.17) is 14.5 Å². The summed E-state index contributed by atoms with van der Waals surface area (Å²) in [6.07, 6.45) is 1.06. The fourth-order valence-electron chi connectivity index (χ4n) is 3.12. The molecule has 1 aliphatic heterocycles. The van der Waals surface area contributed by atoms with E-state index in [1.807, 2.05) is 25.5 Å². The molecule has 1 saturated heterocycles. The summed E-state index contributed by atoms with van der Waals surface area (Å²) < 4.78 is 13.5. The number of hydrogen-bond donors (Lipinski definition) is 2. The predicted molar refractivity (Wildman–Crippen MR) is 128 cm³/mol. The molecule has 1 fully saturated rings. The van der Waals surface area contributed by atoms with E-state index in [1.165, 1.54) is 5.56 Å². The summed E-state index contributed by atoms with van der Waals surface area (Å²) >= 11 is 0. The lowest BCUT2D eigenvalue weighted by molar-refractivity contribution is 0.166. The van der Waals surface area contributed by atoms with Crippen LogP contribution >= 0.6 is 24.0 Å². The molecular formula is C21H33IN6O2. The van der Waals surface area contributed by atoms with E-state index in [0.717, 1.165) is 55.1 Å². The molecule has 0 spiro atoms. The minimum absolute atomic E-state index is 0. The van der Waals surface area contributed by atoms with Crippen molar-refractivity contribution in [3.05, 3.63) is 41.0 Å². The molecule has 2 aromatic rings. The van der Waals surface area contributed by atoms with E-state index in [2.05, 4.69) is 46.0 Å². The van der Waals surface area contributed by atoms with Crippen LogP contribution in [-0.2, 0) is 24.9 Å². The Morgan fingerprint density at radius 1 is 1.30 bits per heavy atom. The maximum absolute atomic E-state index is 6.13. The Morgan fingerprint density at radius 2 is 2.13 bits per heavy atom. The fraction of sp³-hybridized carbons (Fsp3) is 0.571. The summed E-state index contributed by atoms with van der Waals surface area (Å²) in [4.78, 5) is 4.74. The SMILES string of the molecule is CCNC(=NCc1ccc(C)cc1OCC1CCOC1)NCc1nnc(C)n1C.I. The topological polar surface area (TPSA) is 85.6 Å². The van der Waals surface area contributed by atoms with Crippen LogP contribution in [0.4, 0.5) is 0 Å². The molecule has 30 heavy (non-hydrogen) atoms. The minimum atomic E-state index is 0. The van der Waals surface area contributed by atoms with E-state index >= 15 is 0 Å². The number of rotatable bonds is 8. The van der Waals surface area contributed by atoms with Gasteiger partial charge in [0.2, 0.25) is 0 Å². The maximum atomic E-state index is 6.13. The van der Waals surface area contributed by atoms with Crippen LogP contribution in [0, 0.1) is 19.8 Å². The number of benzene rings is 1. The first kappa shape index (κ1) is 24.4. The number of aliphatic imine (C=N–C) groups is 1. The second-order valence-corrected chi connectivity index (χ2v) is 7.42. The Morgan fingerprint density at radius 3 is 2.80 bits per heavy atom. The Labute approximate surface area is 195 Å². The number of hydrogen-bond acceptors (Lipinski definition) is 5. The van der Waals surface area contributed by atoms with Crippen molar-refractivity contribution < 1.29 is 9.47 Å². The van der Waals surface area contributed by atoms with Gasteiger partial charge >= 0.3 is 0 Å². The average molecular weight is 528 g/mol. The molecule has 166 valence electrons. The quantitative estimate of drug-likeness (QED) is 0.312. The molecule has 2 N–H and O–H groups in total. The third-order valence-electron chi connectivity index (χ3n) is 5.07. The largest absolute Gasteiger partial charge is 0.493 e. The molecule has 0 bridgehead atoms. The molecule has 2 heterocycles. The molecule has 0 amide bonds. The summed E-state index contributed by atoms with van der Waals surface area (Å²) in [6.45, 7) is 10.2. The summed E-state index contributed by atoms with van der Waals surface area (Å²) in [5.74, 6) is 3.87. The van der Waals surface area contributed by atoms with Gasteiger partial charge in [0, 0.05) is 31.7 Å². The van der Waals surface area contributed by atoms with Crippen molar-refractivity contribution in [1.29, 1.82) is 0 Å². The Kier molecular flexibility index (Phi) is 9.83. The predicted octanol–water partition coefficient (Wildman–Crippen LogP) is 2.72. The number of guanidine groups is 1. The zero-order valence-corrected chi connectivity index (χ0v) is 20.6. The van der Waals surface area contributed by atoms with E-state index < -0.39 is 0 Å². The molecule has 9 heteroatoms. The second-order valence-electron chi connectivity index (χ2n) is 7.42. The standard InChI is InChI=1S/C21H32N6O2.HI/c1-5-22-21(24-12-20-26-25-16(3)27(20)4)23-11-18-7-6-15(2)10-19(18)29-14-17-8-9-28-13-17;/h6-7,10,17H,5,8-9,11-14H2,1-4H3,(H2,22,23,24);1H. The molecule has 0 radical (unpaired) electrons. The van der Waals surface area contributed by atoms with Crippen LogP contribution in [0.25, 0.3) is 0 Å². The highest BCUT2D eigenvalue weighted by Crippen LogP contribution is 2.23. The van der Waals surface area contributed by atoms with E-state index in [1.54, 1.807) is 0 Å². The van der Waals surface area contributed by atoms with E-state index in [0.29, 0.717) is 25.6 Å². The number of nitrogens with one attached hydrogen (secondary N) is 2. The zero-order chi connectivity index (χ0) is 20.6. The summed E-state index contributed by atoms with van der Waals surface area (Å²) in [6, 6.07) is 6.28. The van der Waals surface area contributed by atoms with Crippen LogP contribution in [0.3, 0.4) is 0 Å². The summed E-state index contributed by atoms with van der Waals surface area (Å²) in [5.41, 5.74) is 2.25. The number of nitrogens with zero attached hydrogens (tertiary/aromatic N) is 4. The van der Waals surface area contributed by atoms with Gasteiger partial charge in [0.25, 0.3) is 0 Å². The van der Waals surface area contributed by atoms with Crippen molar-refractivity contribution in [3.8, 4) is 5.75 Å². The molecule has 3 rings (SSSR count). The van der Waals surface area contributed by atoms with Crippen molar-refractivity contribution in [3.63, 3.8) is 0 Å². The summed E-state index contributed by atoms with van der Waals surface area (Å²) in [7, 11) is 1.96. The minimum Gasteiger partial charge on any atom is -0.493 e. The first-order valence-corrected chi connectivity index (χ1v) is 10.2.